The van der Waals surface area contributed by atoms with E-state index >= 15 is 0 Å². The van der Waals surface area contributed by atoms with Gasteiger partial charge in [-0.05, 0) is 58.7 Å². The average Bonchev–Trinajstić information content (AvgIpc) is 2.82. The Bertz CT molecular complexity index is 807. The van der Waals surface area contributed by atoms with E-state index in [2.05, 4.69) is 38.5 Å². The third-order valence-electron chi connectivity index (χ3n) is 3.48. The van der Waals surface area contributed by atoms with Crippen LogP contribution in [-0.4, -0.2) is 9.78 Å². The predicted octanol–water partition coefficient (Wildman–Crippen LogP) is 5.56. The van der Waals surface area contributed by atoms with E-state index in [0.29, 0.717) is 0 Å². The summed E-state index contributed by atoms with van der Waals surface area (Å²) in [5, 5.41) is 8.45. The SMILES string of the molecule is Cc1cc(Nc2cccc(-c3c(Br)cnn3C)c2)ccc1Cl. The first-order chi connectivity index (χ1) is 10.5. The maximum Gasteiger partial charge on any atom is 0.0821 e. The summed E-state index contributed by atoms with van der Waals surface area (Å²) in [7, 11) is 1.93. The highest BCUT2D eigenvalue weighted by Gasteiger charge is 2.09. The Morgan fingerprint density at radius 2 is 1.91 bits per heavy atom. The number of hydrogen-bond acceptors (Lipinski definition) is 2. The molecule has 0 bridgehead atoms. The van der Waals surface area contributed by atoms with Gasteiger partial charge in [0.05, 0.1) is 16.4 Å². The number of benzene rings is 2. The number of nitrogens with zero attached hydrogens (tertiary/aromatic N) is 2. The molecule has 1 N–H and O–H groups in total. The molecule has 5 heteroatoms. The molecule has 0 unspecified atom stereocenters. The van der Waals surface area contributed by atoms with Gasteiger partial charge < -0.3 is 5.32 Å². The predicted molar refractivity (Wildman–Crippen MR) is 95.8 cm³/mol. The van der Waals surface area contributed by atoms with Crippen LogP contribution in [0.1, 0.15) is 5.56 Å². The Labute approximate surface area is 143 Å². The van der Waals surface area contributed by atoms with E-state index in [1.54, 1.807) is 6.20 Å². The molecule has 112 valence electrons. The number of nitrogens with one attached hydrogen (secondary N) is 1. The molecule has 3 rings (SSSR count). The van der Waals surface area contributed by atoms with E-state index in [-0.39, 0.29) is 0 Å². The van der Waals surface area contributed by atoms with Crippen molar-refractivity contribution in [3.63, 3.8) is 0 Å². The van der Waals surface area contributed by atoms with E-state index < -0.39 is 0 Å². The van der Waals surface area contributed by atoms with E-state index in [4.69, 9.17) is 11.6 Å². The van der Waals surface area contributed by atoms with Crippen molar-refractivity contribution in [2.24, 2.45) is 7.05 Å². The highest BCUT2D eigenvalue weighted by molar-refractivity contribution is 9.10. The zero-order chi connectivity index (χ0) is 15.7. The monoisotopic (exact) mass is 375 g/mol. The largest absolute Gasteiger partial charge is 0.355 e. The number of halogens is 2. The molecule has 0 amide bonds. The smallest absolute Gasteiger partial charge is 0.0821 e. The van der Waals surface area contributed by atoms with Gasteiger partial charge in [-0.3, -0.25) is 4.68 Å². The van der Waals surface area contributed by atoms with Crippen molar-refractivity contribution in [1.29, 1.82) is 0 Å². The van der Waals surface area contributed by atoms with Gasteiger partial charge in [0, 0.05) is 29.0 Å². The molecule has 0 aliphatic rings. The summed E-state index contributed by atoms with van der Waals surface area (Å²) in [6.07, 6.45) is 1.80. The van der Waals surface area contributed by atoms with Gasteiger partial charge in [-0.15, -0.1) is 0 Å². The minimum Gasteiger partial charge on any atom is -0.355 e. The van der Waals surface area contributed by atoms with Crippen LogP contribution in [0.3, 0.4) is 0 Å². The quantitative estimate of drug-likeness (QED) is 0.649. The fourth-order valence-corrected chi connectivity index (χ4v) is 3.06. The molecule has 0 aliphatic carbocycles. The summed E-state index contributed by atoms with van der Waals surface area (Å²) in [6.45, 7) is 2.00. The average molecular weight is 377 g/mol. The van der Waals surface area contributed by atoms with Crippen molar-refractivity contribution >= 4 is 38.9 Å². The van der Waals surface area contributed by atoms with Crippen LogP contribution in [0.2, 0.25) is 5.02 Å². The Morgan fingerprint density at radius 3 is 2.59 bits per heavy atom. The highest BCUT2D eigenvalue weighted by atomic mass is 79.9. The third-order valence-corrected chi connectivity index (χ3v) is 4.48. The fraction of sp³-hybridized carbons (Fsp3) is 0.118. The Morgan fingerprint density at radius 1 is 1.14 bits per heavy atom. The van der Waals surface area contributed by atoms with Crippen molar-refractivity contribution in [3.8, 4) is 11.3 Å². The summed E-state index contributed by atoms with van der Waals surface area (Å²) in [5.74, 6) is 0. The number of anilines is 2. The van der Waals surface area contributed by atoms with Crippen LogP contribution in [0.15, 0.2) is 53.1 Å². The minimum atomic E-state index is 0.776. The number of aryl methyl sites for hydroxylation is 2. The lowest BCUT2D eigenvalue weighted by Crippen LogP contribution is -1.95. The summed E-state index contributed by atoms with van der Waals surface area (Å²) in [4.78, 5) is 0. The Hall–Kier alpha value is -1.78. The molecule has 1 aromatic heterocycles. The summed E-state index contributed by atoms with van der Waals surface area (Å²) in [5.41, 5.74) is 5.24. The Kier molecular flexibility index (Phi) is 4.23. The standard InChI is InChI=1S/C17H15BrClN3/c1-11-8-14(6-7-16(11)19)21-13-5-3-4-12(9-13)17-15(18)10-20-22(17)2/h3-10,21H,1-2H3. The molecule has 3 aromatic rings. The highest BCUT2D eigenvalue weighted by Crippen LogP contribution is 2.30. The second kappa shape index (κ2) is 6.15. The van der Waals surface area contributed by atoms with Crippen LogP contribution < -0.4 is 5.32 Å². The Balaban J connectivity index is 1.93. The second-order valence-corrected chi connectivity index (χ2v) is 6.40. The van der Waals surface area contributed by atoms with E-state index in [1.165, 1.54) is 0 Å². The van der Waals surface area contributed by atoms with Crippen LogP contribution in [0.4, 0.5) is 11.4 Å². The molecule has 0 fully saturated rings. The van der Waals surface area contributed by atoms with Gasteiger partial charge in [0.25, 0.3) is 0 Å². The first-order valence-electron chi connectivity index (χ1n) is 6.86. The van der Waals surface area contributed by atoms with Crippen LogP contribution in [0.25, 0.3) is 11.3 Å². The number of hydrogen-bond donors (Lipinski definition) is 1. The maximum atomic E-state index is 6.07. The van der Waals surface area contributed by atoms with Crippen molar-refractivity contribution in [2.45, 2.75) is 6.92 Å². The van der Waals surface area contributed by atoms with Crippen LogP contribution in [0.5, 0.6) is 0 Å². The second-order valence-electron chi connectivity index (χ2n) is 5.13. The molecule has 1 heterocycles. The fourth-order valence-electron chi connectivity index (χ4n) is 2.37. The van der Waals surface area contributed by atoms with Crippen molar-refractivity contribution in [2.75, 3.05) is 5.32 Å². The van der Waals surface area contributed by atoms with E-state index in [1.807, 2.05) is 49.0 Å². The molecule has 3 nitrogen and oxygen atoms in total. The first kappa shape index (κ1) is 15.1. The minimum absolute atomic E-state index is 0.776. The number of aromatic nitrogens is 2. The van der Waals surface area contributed by atoms with Gasteiger partial charge in [-0.25, -0.2) is 0 Å². The molecule has 0 saturated carbocycles. The van der Waals surface area contributed by atoms with Crippen molar-refractivity contribution in [1.82, 2.24) is 9.78 Å². The van der Waals surface area contributed by atoms with Gasteiger partial charge in [-0.1, -0.05) is 23.7 Å². The first-order valence-corrected chi connectivity index (χ1v) is 8.03. The maximum absolute atomic E-state index is 6.07. The molecule has 0 aliphatic heterocycles. The molecular formula is C17H15BrClN3. The number of rotatable bonds is 3. The van der Waals surface area contributed by atoms with Gasteiger partial charge in [0.1, 0.15) is 0 Å². The zero-order valence-electron chi connectivity index (χ0n) is 12.3. The van der Waals surface area contributed by atoms with Gasteiger partial charge in [0.2, 0.25) is 0 Å². The normalized spacial score (nSPS) is 10.7. The van der Waals surface area contributed by atoms with Crippen LogP contribution in [0, 0.1) is 6.92 Å². The van der Waals surface area contributed by atoms with Gasteiger partial charge in [-0.2, -0.15) is 5.10 Å². The molecule has 22 heavy (non-hydrogen) atoms. The molecule has 0 atom stereocenters. The molecule has 0 saturated heterocycles. The van der Waals surface area contributed by atoms with E-state index in [9.17, 15) is 0 Å². The molecular weight excluding hydrogens is 362 g/mol. The van der Waals surface area contributed by atoms with Crippen molar-refractivity contribution in [3.05, 3.63) is 63.7 Å². The molecule has 0 spiro atoms. The third kappa shape index (κ3) is 3.03. The van der Waals surface area contributed by atoms with E-state index in [0.717, 1.165) is 37.7 Å². The van der Waals surface area contributed by atoms with Gasteiger partial charge >= 0.3 is 0 Å². The zero-order valence-corrected chi connectivity index (χ0v) is 14.6. The molecule has 0 radical (unpaired) electrons. The van der Waals surface area contributed by atoms with Crippen molar-refractivity contribution < 1.29 is 0 Å². The topological polar surface area (TPSA) is 29.9 Å². The van der Waals surface area contributed by atoms with Gasteiger partial charge in [0.15, 0.2) is 0 Å². The lowest BCUT2D eigenvalue weighted by Gasteiger charge is -2.10. The lowest BCUT2D eigenvalue weighted by molar-refractivity contribution is 0.776. The lowest BCUT2D eigenvalue weighted by atomic mass is 10.1. The summed E-state index contributed by atoms with van der Waals surface area (Å²) in [6, 6.07) is 14.2. The van der Waals surface area contributed by atoms with Crippen LogP contribution in [-0.2, 0) is 7.05 Å². The summed E-state index contributed by atoms with van der Waals surface area (Å²) >= 11 is 9.61. The summed E-state index contributed by atoms with van der Waals surface area (Å²) < 4.78 is 2.84. The van der Waals surface area contributed by atoms with Crippen LogP contribution >= 0.6 is 27.5 Å². The molecule has 2 aromatic carbocycles.